The number of furan rings is 1. The number of amides is 1. The van der Waals surface area contributed by atoms with Gasteiger partial charge in [-0.15, -0.1) is 0 Å². The average Bonchev–Trinajstić information content (AvgIpc) is 3.22. The summed E-state index contributed by atoms with van der Waals surface area (Å²) >= 11 is 1.43. The fraction of sp³-hybridized carbons (Fsp3) is 0.550. The molecule has 0 unspecified atom stereocenters. The van der Waals surface area contributed by atoms with Crippen molar-refractivity contribution in [1.82, 2.24) is 14.5 Å². The Hall–Kier alpha value is -2.02. The highest BCUT2D eigenvalue weighted by atomic mass is 32.2. The Kier molecular flexibility index (Phi) is 5.66. The van der Waals surface area contributed by atoms with E-state index < -0.39 is 0 Å². The Morgan fingerprint density at radius 3 is 2.74 bits per heavy atom. The van der Waals surface area contributed by atoms with E-state index in [0.717, 1.165) is 73.7 Å². The van der Waals surface area contributed by atoms with Crippen molar-refractivity contribution in [1.29, 1.82) is 0 Å². The van der Waals surface area contributed by atoms with E-state index in [-0.39, 0.29) is 11.6 Å². The molecule has 2 aromatic heterocycles. The molecule has 0 atom stereocenters. The fourth-order valence-corrected chi connectivity index (χ4v) is 4.93. The van der Waals surface area contributed by atoms with E-state index in [2.05, 4.69) is 4.98 Å². The standard InChI is InChI=1S/C20H25N3O3S/c24-18(22-10-4-1-5-11-22)14-27-19-16-8-2-3-9-17(16)23(20(25)21-19)13-15-7-6-12-26-15/h6-7,12H,1-5,8-11,13-14H2. The van der Waals surface area contributed by atoms with Crippen molar-refractivity contribution in [2.45, 2.75) is 56.5 Å². The Bertz CT molecular complexity index is 854. The smallest absolute Gasteiger partial charge is 0.349 e. The molecule has 1 aliphatic carbocycles. The van der Waals surface area contributed by atoms with Gasteiger partial charge < -0.3 is 9.32 Å². The maximum Gasteiger partial charge on any atom is 0.349 e. The van der Waals surface area contributed by atoms with Gasteiger partial charge in [-0.2, -0.15) is 4.98 Å². The molecule has 7 heteroatoms. The molecule has 2 aromatic rings. The monoisotopic (exact) mass is 387 g/mol. The molecule has 6 nitrogen and oxygen atoms in total. The number of hydrogen-bond acceptors (Lipinski definition) is 5. The molecule has 1 saturated heterocycles. The molecule has 2 aliphatic rings. The van der Waals surface area contributed by atoms with E-state index in [0.29, 0.717) is 12.3 Å². The van der Waals surface area contributed by atoms with E-state index in [9.17, 15) is 9.59 Å². The zero-order valence-electron chi connectivity index (χ0n) is 15.5. The van der Waals surface area contributed by atoms with Crippen LogP contribution in [0.3, 0.4) is 0 Å². The Labute approximate surface area is 163 Å². The summed E-state index contributed by atoms with van der Waals surface area (Å²) < 4.78 is 7.16. The van der Waals surface area contributed by atoms with Gasteiger partial charge in [-0.3, -0.25) is 9.36 Å². The van der Waals surface area contributed by atoms with Gasteiger partial charge >= 0.3 is 5.69 Å². The summed E-state index contributed by atoms with van der Waals surface area (Å²) in [6.07, 6.45) is 8.98. The fourth-order valence-electron chi connectivity index (χ4n) is 3.95. The van der Waals surface area contributed by atoms with E-state index in [4.69, 9.17) is 4.42 Å². The molecule has 0 saturated carbocycles. The highest BCUT2D eigenvalue weighted by Crippen LogP contribution is 2.29. The molecule has 0 radical (unpaired) electrons. The zero-order valence-corrected chi connectivity index (χ0v) is 16.3. The van der Waals surface area contributed by atoms with Crippen LogP contribution >= 0.6 is 11.8 Å². The van der Waals surface area contributed by atoms with Gasteiger partial charge in [-0.25, -0.2) is 4.79 Å². The van der Waals surface area contributed by atoms with Gasteiger partial charge in [0.25, 0.3) is 0 Å². The van der Waals surface area contributed by atoms with Gasteiger partial charge in [-0.05, 0) is 57.1 Å². The van der Waals surface area contributed by atoms with Gasteiger partial charge in [0.2, 0.25) is 5.91 Å². The molecule has 0 spiro atoms. The minimum absolute atomic E-state index is 0.158. The van der Waals surface area contributed by atoms with E-state index >= 15 is 0 Å². The number of thioether (sulfide) groups is 1. The van der Waals surface area contributed by atoms with E-state index in [1.807, 2.05) is 17.0 Å². The average molecular weight is 388 g/mol. The molecular formula is C20H25N3O3S. The molecule has 1 aliphatic heterocycles. The van der Waals surface area contributed by atoms with Crippen molar-refractivity contribution >= 4 is 17.7 Å². The second-order valence-corrected chi connectivity index (χ2v) is 8.19. The van der Waals surface area contributed by atoms with Gasteiger partial charge in [0.15, 0.2) is 0 Å². The predicted molar refractivity (Wildman–Crippen MR) is 104 cm³/mol. The van der Waals surface area contributed by atoms with Crippen molar-refractivity contribution in [2.24, 2.45) is 0 Å². The number of piperidine rings is 1. The lowest BCUT2D eigenvalue weighted by molar-refractivity contribution is -0.129. The predicted octanol–water partition coefficient (Wildman–Crippen LogP) is 2.87. The molecule has 27 heavy (non-hydrogen) atoms. The van der Waals surface area contributed by atoms with Gasteiger partial charge in [-0.1, -0.05) is 11.8 Å². The molecule has 0 bridgehead atoms. The summed E-state index contributed by atoms with van der Waals surface area (Å²) in [5.41, 5.74) is 1.95. The zero-order chi connectivity index (χ0) is 18.6. The highest BCUT2D eigenvalue weighted by molar-refractivity contribution is 7.99. The second-order valence-electron chi connectivity index (χ2n) is 7.23. The molecule has 144 valence electrons. The van der Waals surface area contributed by atoms with Gasteiger partial charge in [0, 0.05) is 24.3 Å². The number of carbonyl (C=O) groups excluding carboxylic acids is 1. The summed E-state index contributed by atoms with van der Waals surface area (Å²) in [6.45, 7) is 2.13. The number of rotatable bonds is 5. The van der Waals surface area contributed by atoms with Crippen LogP contribution in [0.1, 0.15) is 49.1 Å². The Morgan fingerprint density at radius 2 is 1.96 bits per heavy atom. The molecule has 4 rings (SSSR count). The van der Waals surface area contributed by atoms with Crippen LogP contribution in [0.2, 0.25) is 0 Å². The van der Waals surface area contributed by atoms with E-state index in [1.165, 1.54) is 18.2 Å². The highest BCUT2D eigenvalue weighted by Gasteiger charge is 2.23. The topological polar surface area (TPSA) is 68.3 Å². The molecule has 0 aromatic carbocycles. The van der Waals surface area contributed by atoms with Crippen LogP contribution in [0, 0.1) is 0 Å². The largest absolute Gasteiger partial charge is 0.467 e. The number of likely N-dealkylation sites (tertiary alicyclic amines) is 1. The van der Waals surface area contributed by atoms with Crippen molar-refractivity contribution in [3.8, 4) is 0 Å². The summed E-state index contributed by atoms with van der Waals surface area (Å²) in [5, 5.41) is 0.746. The first kappa shape index (κ1) is 18.3. The summed E-state index contributed by atoms with van der Waals surface area (Å²) in [6, 6.07) is 3.71. The quantitative estimate of drug-likeness (QED) is 0.583. The number of nitrogens with zero attached hydrogens (tertiary/aromatic N) is 3. The molecular weight excluding hydrogens is 362 g/mol. The number of hydrogen-bond donors (Lipinski definition) is 0. The first-order valence-corrected chi connectivity index (χ1v) is 10.8. The Balaban J connectivity index is 1.55. The van der Waals surface area contributed by atoms with Gasteiger partial charge in [0.1, 0.15) is 10.8 Å². The lowest BCUT2D eigenvalue weighted by Crippen LogP contribution is -2.37. The normalized spacial score (nSPS) is 17.0. The van der Waals surface area contributed by atoms with Crippen LogP contribution in [0.4, 0.5) is 0 Å². The van der Waals surface area contributed by atoms with Crippen molar-refractivity contribution in [3.63, 3.8) is 0 Å². The Morgan fingerprint density at radius 1 is 1.15 bits per heavy atom. The first-order valence-electron chi connectivity index (χ1n) is 9.78. The SMILES string of the molecule is O=C(CSc1nc(=O)n(Cc2ccco2)c2c1CCCC2)N1CCCCC1. The molecule has 0 N–H and O–H groups in total. The second kappa shape index (κ2) is 8.33. The molecule has 1 amide bonds. The number of aromatic nitrogens is 2. The van der Waals surface area contributed by atoms with Crippen molar-refractivity contribution in [2.75, 3.05) is 18.8 Å². The van der Waals surface area contributed by atoms with Crippen molar-refractivity contribution in [3.05, 3.63) is 45.9 Å². The first-order chi connectivity index (χ1) is 13.2. The third-order valence-corrected chi connectivity index (χ3v) is 6.39. The van der Waals surface area contributed by atoms with Crippen molar-refractivity contribution < 1.29 is 9.21 Å². The lowest BCUT2D eigenvalue weighted by Gasteiger charge is -2.27. The number of fused-ring (bicyclic) bond motifs is 1. The summed E-state index contributed by atoms with van der Waals surface area (Å²) in [7, 11) is 0. The molecule has 1 fully saturated rings. The third-order valence-electron chi connectivity index (χ3n) is 5.39. The van der Waals surface area contributed by atoms with Crippen LogP contribution in [-0.2, 0) is 24.2 Å². The van der Waals surface area contributed by atoms with Gasteiger partial charge in [0.05, 0.1) is 18.6 Å². The lowest BCUT2D eigenvalue weighted by atomic mass is 9.97. The van der Waals surface area contributed by atoms with Crippen LogP contribution < -0.4 is 5.69 Å². The maximum absolute atomic E-state index is 12.7. The summed E-state index contributed by atoms with van der Waals surface area (Å²) in [5.74, 6) is 1.28. The van der Waals surface area contributed by atoms with Crippen LogP contribution in [0.15, 0.2) is 32.6 Å². The molecule has 3 heterocycles. The maximum atomic E-state index is 12.7. The third kappa shape index (κ3) is 4.13. The minimum atomic E-state index is -0.250. The van der Waals surface area contributed by atoms with Crippen LogP contribution in [0.5, 0.6) is 0 Å². The summed E-state index contributed by atoms with van der Waals surface area (Å²) in [4.78, 5) is 31.5. The van der Waals surface area contributed by atoms with E-state index in [1.54, 1.807) is 10.8 Å². The van der Waals surface area contributed by atoms with Crippen LogP contribution in [0.25, 0.3) is 0 Å². The number of carbonyl (C=O) groups is 1. The van der Waals surface area contributed by atoms with Crippen LogP contribution in [-0.4, -0.2) is 39.2 Å². The minimum Gasteiger partial charge on any atom is -0.467 e.